The fourth-order valence-corrected chi connectivity index (χ4v) is 5.39. The maximum Gasteiger partial charge on any atom is 0.243 e. The van der Waals surface area contributed by atoms with E-state index >= 15 is 0 Å². The fourth-order valence-electron chi connectivity index (χ4n) is 3.87. The van der Waals surface area contributed by atoms with Gasteiger partial charge in [0.25, 0.3) is 0 Å². The van der Waals surface area contributed by atoms with E-state index in [0.29, 0.717) is 43.9 Å². The number of rotatable bonds is 5. The summed E-state index contributed by atoms with van der Waals surface area (Å²) < 4.78 is 32.6. The first kappa shape index (κ1) is 20.3. The third kappa shape index (κ3) is 5.09. The molecule has 0 bridgehead atoms. The summed E-state index contributed by atoms with van der Waals surface area (Å²) in [7, 11) is -3.40. The number of benzene rings is 1. The molecule has 27 heavy (non-hydrogen) atoms. The van der Waals surface area contributed by atoms with Gasteiger partial charge in [-0.05, 0) is 50.8 Å². The molecule has 150 valence electrons. The molecule has 1 amide bonds. The van der Waals surface area contributed by atoms with Crippen molar-refractivity contribution >= 4 is 15.9 Å². The number of morpholine rings is 1. The molecule has 2 heterocycles. The van der Waals surface area contributed by atoms with Crippen LogP contribution in [0.2, 0.25) is 0 Å². The van der Waals surface area contributed by atoms with E-state index < -0.39 is 10.0 Å². The van der Waals surface area contributed by atoms with Crippen molar-refractivity contribution in [1.29, 1.82) is 0 Å². The molecule has 2 fully saturated rings. The van der Waals surface area contributed by atoms with E-state index in [2.05, 4.69) is 0 Å². The zero-order valence-corrected chi connectivity index (χ0v) is 17.1. The number of aryl methyl sites for hydroxylation is 1. The van der Waals surface area contributed by atoms with Crippen LogP contribution in [-0.4, -0.2) is 61.9 Å². The van der Waals surface area contributed by atoms with Crippen LogP contribution in [0.3, 0.4) is 0 Å². The molecule has 1 aromatic carbocycles. The molecular weight excluding hydrogens is 364 g/mol. The maximum absolute atomic E-state index is 12.7. The van der Waals surface area contributed by atoms with Crippen molar-refractivity contribution in [2.45, 2.75) is 63.1 Å². The monoisotopic (exact) mass is 394 g/mol. The summed E-state index contributed by atoms with van der Waals surface area (Å²) in [6, 6.07) is 6.99. The highest BCUT2D eigenvalue weighted by Crippen LogP contribution is 2.21. The summed E-state index contributed by atoms with van der Waals surface area (Å²) in [6.45, 7) is 6.45. The second-order valence-electron chi connectivity index (χ2n) is 7.66. The first-order valence-electron chi connectivity index (χ1n) is 9.88. The van der Waals surface area contributed by atoms with Gasteiger partial charge < -0.3 is 9.64 Å². The van der Waals surface area contributed by atoms with Gasteiger partial charge in [0.05, 0.1) is 17.1 Å². The average molecular weight is 395 g/mol. The minimum absolute atomic E-state index is 0.0666. The molecule has 6 nitrogen and oxygen atoms in total. The summed E-state index contributed by atoms with van der Waals surface area (Å²) in [5, 5.41) is 0. The van der Waals surface area contributed by atoms with Crippen LogP contribution < -0.4 is 0 Å². The molecule has 0 N–H and O–H groups in total. The van der Waals surface area contributed by atoms with Crippen LogP contribution in [0.1, 0.15) is 45.1 Å². The molecule has 2 aliphatic heterocycles. The van der Waals surface area contributed by atoms with Crippen LogP contribution in [0.25, 0.3) is 0 Å². The Morgan fingerprint density at radius 2 is 1.63 bits per heavy atom. The van der Waals surface area contributed by atoms with Gasteiger partial charge in [0.2, 0.25) is 15.9 Å². The van der Waals surface area contributed by atoms with E-state index in [4.69, 9.17) is 4.74 Å². The molecule has 2 unspecified atom stereocenters. The quantitative estimate of drug-likeness (QED) is 0.769. The Labute approximate surface area is 162 Å². The van der Waals surface area contributed by atoms with Crippen molar-refractivity contribution in [3.8, 4) is 0 Å². The lowest BCUT2D eigenvalue weighted by Crippen LogP contribution is -2.48. The first-order chi connectivity index (χ1) is 12.9. The molecule has 2 saturated heterocycles. The lowest BCUT2D eigenvalue weighted by Gasteiger charge is -2.35. The third-order valence-electron chi connectivity index (χ3n) is 5.28. The Morgan fingerprint density at radius 3 is 2.22 bits per heavy atom. The van der Waals surface area contributed by atoms with Gasteiger partial charge >= 0.3 is 0 Å². The van der Waals surface area contributed by atoms with Crippen LogP contribution in [0.4, 0.5) is 0 Å². The maximum atomic E-state index is 12.7. The van der Waals surface area contributed by atoms with E-state index in [0.717, 1.165) is 24.8 Å². The van der Waals surface area contributed by atoms with Crippen LogP contribution in [-0.2, 0) is 26.0 Å². The first-order valence-corrected chi connectivity index (χ1v) is 11.3. The van der Waals surface area contributed by atoms with E-state index in [1.54, 1.807) is 16.4 Å². The Kier molecular flexibility index (Phi) is 6.55. The molecule has 0 aliphatic carbocycles. The fraction of sp³-hybridized carbons (Fsp3) is 0.650. The van der Waals surface area contributed by atoms with Gasteiger partial charge in [0.1, 0.15) is 0 Å². The van der Waals surface area contributed by atoms with Crippen LogP contribution in [0.5, 0.6) is 0 Å². The molecule has 0 radical (unpaired) electrons. The molecule has 7 heteroatoms. The number of nitrogens with zero attached hydrogens (tertiary/aromatic N) is 2. The summed E-state index contributed by atoms with van der Waals surface area (Å²) >= 11 is 0. The van der Waals surface area contributed by atoms with Crippen molar-refractivity contribution in [3.05, 3.63) is 29.8 Å². The van der Waals surface area contributed by atoms with Crippen molar-refractivity contribution in [1.82, 2.24) is 9.21 Å². The minimum atomic E-state index is -3.40. The molecule has 0 spiro atoms. The van der Waals surface area contributed by atoms with Gasteiger partial charge in [-0.15, -0.1) is 0 Å². The molecule has 2 aliphatic rings. The lowest BCUT2D eigenvalue weighted by molar-refractivity contribution is -0.143. The Balaban J connectivity index is 1.57. The highest BCUT2D eigenvalue weighted by atomic mass is 32.2. The Morgan fingerprint density at radius 1 is 1.04 bits per heavy atom. The number of carbonyl (C=O) groups excluding carboxylic acids is 1. The van der Waals surface area contributed by atoms with Crippen molar-refractivity contribution in [2.24, 2.45) is 0 Å². The number of hydrogen-bond acceptors (Lipinski definition) is 4. The van der Waals surface area contributed by atoms with Crippen molar-refractivity contribution < 1.29 is 17.9 Å². The van der Waals surface area contributed by atoms with Crippen LogP contribution in [0, 0.1) is 0 Å². The molecule has 0 saturated carbocycles. The average Bonchev–Trinajstić information content (AvgIpc) is 2.66. The molecule has 2 atom stereocenters. The summed E-state index contributed by atoms with van der Waals surface area (Å²) in [6.07, 6.45) is 4.13. The molecular formula is C20H30N2O4S. The highest BCUT2D eigenvalue weighted by molar-refractivity contribution is 7.89. The van der Waals surface area contributed by atoms with Gasteiger partial charge in [-0.25, -0.2) is 8.42 Å². The summed E-state index contributed by atoms with van der Waals surface area (Å²) in [4.78, 5) is 14.7. The standard InChI is InChI=1S/C20H30N2O4S/c1-16-14-21(15-17(2)26-16)20(23)11-8-18-6-9-19(10-7-18)27(24,25)22-12-4-3-5-13-22/h6-7,9-10,16-17H,3-5,8,11-15H2,1-2H3. The number of carbonyl (C=O) groups is 1. The Bertz CT molecular complexity index is 732. The zero-order chi connectivity index (χ0) is 19.4. The predicted molar refractivity (Wildman–Crippen MR) is 104 cm³/mol. The van der Waals surface area contributed by atoms with Gasteiger partial charge in [-0.1, -0.05) is 18.6 Å². The zero-order valence-electron chi connectivity index (χ0n) is 16.3. The predicted octanol–water partition coefficient (Wildman–Crippen LogP) is 2.43. The van der Waals surface area contributed by atoms with Gasteiger partial charge in [0, 0.05) is 32.6 Å². The van der Waals surface area contributed by atoms with Gasteiger partial charge in [-0.3, -0.25) is 4.79 Å². The second-order valence-corrected chi connectivity index (χ2v) is 9.60. The minimum Gasteiger partial charge on any atom is -0.372 e. The molecule has 1 aromatic rings. The summed E-state index contributed by atoms with van der Waals surface area (Å²) in [5.74, 6) is 0.127. The van der Waals surface area contributed by atoms with Gasteiger partial charge in [-0.2, -0.15) is 4.31 Å². The largest absolute Gasteiger partial charge is 0.372 e. The number of hydrogen-bond donors (Lipinski definition) is 0. The number of amides is 1. The Hall–Kier alpha value is -1.44. The SMILES string of the molecule is CC1CN(C(=O)CCc2ccc(S(=O)(=O)N3CCCCC3)cc2)CC(C)O1. The van der Waals surface area contributed by atoms with E-state index in [1.165, 1.54) is 0 Å². The topological polar surface area (TPSA) is 66.9 Å². The number of piperidine rings is 1. The van der Waals surface area contributed by atoms with E-state index in [1.807, 2.05) is 30.9 Å². The lowest BCUT2D eigenvalue weighted by atomic mass is 10.1. The van der Waals surface area contributed by atoms with Crippen molar-refractivity contribution in [3.63, 3.8) is 0 Å². The van der Waals surface area contributed by atoms with Gasteiger partial charge in [0.15, 0.2) is 0 Å². The smallest absolute Gasteiger partial charge is 0.243 e. The normalized spacial score (nSPS) is 24.7. The number of sulfonamides is 1. The van der Waals surface area contributed by atoms with E-state index in [9.17, 15) is 13.2 Å². The highest BCUT2D eigenvalue weighted by Gasteiger charge is 2.27. The summed E-state index contributed by atoms with van der Waals surface area (Å²) in [5.41, 5.74) is 0.982. The van der Waals surface area contributed by atoms with Crippen LogP contribution >= 0.6 is 0 Å². The van der Waals surface area contributed by atoms with E-state index in [-0.39, 0.29) is 18.1 Å². The number of ether oxygens (including phenoxy) is 1. The third-order valence-corrected chi connectivity index (χ3v) is 7.19. The second kappa shape index (κ2) is 8.71. The van der Waals surface area contributed by atoms with Crippen molar-refractivity contribution in [2.75, 3.05) is 26.2 Å². The molecule has 3 rings (SSSR count). The van der Waals surface area contributed by atoms with Crippen LogP contribution in [0.15, 0.2) is 29.2 Å². The molecule has 0 aromatic heterocycles.